The molecule has 140 valence electrons. The molecular weight excluding hydrogens is 320 g/mol. The van der Waals surface area contributed by atoms with Crippen LogP contribution in [-0.2, 0) is 9.47 Å². The number of carbonyl (C=O) groups is 1. The molecule has 0 aliphatic heterocycles. The van der Waals surface area contributed by atoms with Gasteiger partial charge in [0.2, 0.25) is 0 Å². The number of aromatic hydroxyl groups is 1. The zero-order valence-corrected chi connectivity index (χ0v) is 15.7. The molecule has 1 aromatic rings. The molecule has 1 amide bonds. The van der Waals surface area contributed by atoms with Crippen molar-refractivity contribution in [3.05, 3.63) is 29.8 Å². The van der Waals surface area contributed by atoms with Crippen molar-refractivity contribution in [1.29, 1.82) is 0 Å². The number of ether oxygens (including phenoxy) is 2. The van der Waals surface area contributed by atoms with Gasteiger partial charge in [-0.2, -0.15) is 0 Å². The standard InChI is InChI=1S/C19H30N2O4/c1-6-24-16-11-15(21-18(23)25-19(3,4)5)17(16)20-12(2)13-7-9-14(22)10-8-13/h7-10,12,15-17,20,22H,6,11H2,1-5H3,(H,21,23). The van der Waals surface area contributed by atoms with Gasteiger partial charge in [-0.25, -0.2) is 4.79 Å². The molecule has 0 bridgehead atoms. The average molecular weight is 350 g/mol. The van der Waals surface area contributed by atoms with Crippen LogP contribution in [0.25, 0.3) is 0 Å². The number of hydrogen-bond donors (Lipinski definition) is 3. The van der Waals surface area contributed by atoms with Crippen molar-refractivity contribution < 1.29 is 19.4 Å². The molecule has 6 heteroatoms. The molecule has 0 heterocycles. The Balaban J connectivity index is 1.97. The van der Waals surface area contributed by atoms with Crippen LogP contribution < -0.4 is 10.6 Å². The molecule has 0 radical (unpaired) electrons. The second kappa shape index (κ2) is 8.06. The minimum absolute atomic E-state index is 0.0104. The van der Waals surface area contributed by atoms with Crippen molar-refractivity contribution in [2.24, 2.45) is 0 Å². The number of phenols is 1. The first-order valence-electron chi connectivity index (χ1n) is 8.85. The zero-order chi connectivity index (χ0) is 18.6. The van der Waals surface area contributed by atoms with Gasteiger partial charge in [0.25, 0.3) is 0 Å². The molecule has 6 nitrogen and oxygen atoms in total. The van der Waals surface area contributed by atoms with E-state index in [1.54, 1.807) is 12.1 Å². The molecule has 1 fully saturated rings. The van der Waals surface area contributed by atoms with E-state index in [2.05, 4.69) is 17.6 Å². The van der Waals surface area contributed by atoms with Crippen LogP contribution in [0, 0.1) is 0 Å². The first kappa shape index (κ1) is 19.5. The Hall–Kier alpha value is -1.79. The van der Waals surface area contributed by atoms with Gasteiger partial charge in [0.15, 0.2) is 0 Å². The molecule has 3 N–H and O–H groups in total. The third-order valence-corrected chi connectivity index (χ3v) is 4.24. The second-order valence-corrected chi connectivity index (χ2v) is 7.49. The maximum absolute atomic E-state index is 12.0. The molecule has 1 saturated carbocycles. The van der Waals surface area contributed by atoms with Crippen LogP contribution in [0.5, 0.6) is 5.75 Å². The van der Waals surface area contributed by atoms with Gasteiger partial charge in [-0.05, 0) is 58.7 Å². The highest BCUT2D eigenvalue weighted by Gasteiger charge is 2.43. The van der Waals surface area contributed by atoms with Gasteiger partial charge in [-0.1, -0.05) is 12.1 Å². The molecule has 1 aliphatic carbocycles. The number of carbonyl (C=O) groups excluding carboxylic acids is 1. The fourth-order valence-corrected chi connectivity index (χ4v) is 2.97. The third kappa shape index (κ3) is 5.61. The van der Waals surface area contributed by atoms with Crippen molar-refractivity contribution >= 4 is 6.09 Å². The Kier molecular flexibility index (Phi) is 6.30. The summed E-state index contributed by atoms with van der Waals surface area (Å²) in [5, 5.41) is 15.9. The van der Waals surface area contributed by atoms with Crippen molar-refractivity contribution in [1.82, 2.24) is 10.6 Å². The van der Waals surface area contributed by atoms with Crippen LogP contribution >= 0.6 is 0 Å². The summed E-state index contributed by atoms with van der Waals surface area (Å²) in [6.45, 7) is 10.2. The first-order chi connectivity index (χ1) is 11.7. The first-order valence-corrected chi connectivity index (χ1v) is 8.85. The van der Waals surface area contributed by atoms with Gasteiger partial charge in [-0.15, -0.1) is 0 Å². The molecule has 0 spiro atoms. The summed E-state index contributed by atoms with van der Waals surface area (Å²) in [7, 11) is 0. The zero-order valence-electron chi connectivity index (χ0n) is 15.7. The number of phenolic OH excluding ortho intramolecular Hbond substituents is 1. The van der Waals surface area contributed by atoms with Crippen LogP contribution in [0.1, 0.15) is 52.6 Å². The molecule has 0 saturated heterocycles. The average Bonchev–Trinajstić information content (AvgIpc) is 2.50. The minimum atomic E-state index is -0.518. The highest BCUT2D eigenvalue weighted by molar-refractivity contribution is 5.68. The summed E-state index contributed by atoms with van der Waals surface area (Å²) < 4.78 is 11.1. The maximum Gasteiger partial charge on any atom is 0.407 e. The Bertz CT molecular complexity index is 568. The SMILES string of the molecule is CCOC1CC(NC(=O)OC(C)(C)C)C1NC(C)c1ccc(O)cc1. The predicted octanol–water partition coefficient (Wildman–Crippen LogP) is 3.11. The van der Waals surface area contributed by atoms with E-state index in [1.807, 2.05) is 39.8 Å². The molecule has 1 aromatic carbocycles. The van der Waals surface area contributed by atoms with Crippen molar-refractivity contribution in [3.63, 3.8) is 0 Å². The highest BCUT2D eigenvalue weighted by Crippen LogP contribution is 2.28. The van der Waals surface area contributed by atoms with Gasteiger partial charge in [0, 0.05) is 12.6 Å². The van der Waals surface area contributed by atoms with E-state index in [4.69, 9.17) is 9.47 Å². The van der Waals surface area contributed by atoms with Gasteiger partial charge < -0.3 is 25.2 Å². The van der Waals surface area contributed by atoms with Crippen LogP contribution in [0.4, 0.5) is 4.79 Å². The number of hydrogen-bond acceptors (Lipinski definition) is 5. The fourth-order valence-electron chi connectivity index (χ4n) is 2.97. The molecule has 4 unspecified atom stereocenters. The van der Waals surface area contributed by atoms with E-state index in [1.165, 1.54) is 0 Å². The Morgan fingerprint density at radius 2 is 1.96 bits per heavy atom. The van der Waals surface area contributed by atoms with E-state index >= 15 is 0 Å². The lowest BCUT2D eigenvalue weighted by Crippen LogP contribution is -2.66. The lowest BCUT2D eigenvalue weighted by molar-refractivity contribution is -0.0462. The number of rotatable bonds is 6. The number of benzene rings is 1. The summed E-state index contributed by atoms with van der Waals surface area (Å²) in [5.41, 5.74) is 0.547. The number of amides is 1. The van der Waals surface area contributed by atoms with E-state index < -0.39 is 11.7 Å². The lowest BCUT2D eigenvalue weighted by atomic mass is 9.82. The molecule has 25 heavy (non-hydrogen) atoms. The lowest BCUT2D eigenvalue weighted by Gasteiger charge is -2.46. The molecule has 2 rings (SSSR count). The minimum Gasteiger partial charge on any atom is -0.508 e. The van der Waals surface area contributed by atoms with Gasteiger partial charge >= 0.3 is 6.09 Å². The fraction of sp³-hybridized carbons (Fsp3) is 0.632. The van der Waals surface area contributed by atoms with E-state index in [9.17, 15) is 9.90 Å². The summed E-state index contributed by atoms with van der Waals surface area (Å²) >= 11 is 0. The van der Waals surface area contributed by atoms with Crippen molar-refractivity contribution in [2.75, 3.05) is 6.61 Å². The number of nitrogens with one attached hydrogen (secondary N) is 2. The third-order valence-electron chi connectivity index (χ3n) is 4.24. The molecular formula is C19H30N2O4. The maximum atomic E-state index is 12.0. The molecule has 1 aliphatic rings. The Morgan fingerprint density at radius 1 is 1.32 bits per heavy atom. The predicted molar refractivity (Wildman–Crippen MR) is 96.6 cm³/mol. The van der Waals surface area contributed by atoms with E-state index in [-0.39, 0.29) is 30.0 Å². The summed E-state index contributed by atoms with van der Waals surface area (Å²) in [6.07, 6.45) is 0.411. The smallest absolute Gasteiger partial charge is 0.407 e. The van der Waals surface area contributed by atoms with Crippen molar-refractivity contribution in [2.45, 2.75) is 70.9 Å². The van der Waals surface area contributed by atoms with Crippen LogP contribution in [-0.4, -0.2) is 41.6 Å². The Labute approximate surface area is 149 Å². The Morgan fingerprint density at radius 3 is 2.52 bits per heavy atom. The normalized spacial score (nSPS) is 24.3. The van der Waals surface area contributed by atoms with Gasteiger partial charge in [0.05, 0.1) is 18.2 Å². The summed E-state index contributed by atoms with van der Waals surface area (Å²) in [6, 6.07) is 7.16. The van der Waals surface area contributed by atoms with Crippen LogP contribution in [0.3, 0.4) is 0 Å². The van der Waals surface area contributed by atoms with Crippen LogP contribution in [0.15, 0.2) is 24.3 Å². The largest absolute Gasteiger partial charge is 0.508 e. The van der Waals surface area contributed by atoms with E-state index in [0.717, 1.165) is 12.0 Å². The van der Waals surface area contributed by atoms with E-state index in [0.29, 0.717) is 6.61 Å². The van der Waals surface area contributed by atoms with Gasteiger partial charge in [-0.3, -0.25) is 0 Å². The molecule has 4 atom stereocenters. The highest BCUT2D eigenvalue weighted by atomic mass is 16.6. The van der Waals surface area contributed by atoms with Crippen LogP contribution in [0.2, 0.25) is 0 Å². The van der Waals surface area contributed by atoms with Crippen molar-refractivity contribution in [3.8, 4) is 5.75 Å². The van der Waals surface area contributed by atoms with Gasteiger partial charge in [0.1, 0.15) is 11.4 Å². The number of alkyl carbamates (subject to hydrolysis) is 1. The second-order valence-electron chi connectivity index (χ2n) is 7.49. The topological polar surface area (TPSA) is 79.8 Å². The summed E-state index contributed by atoms with van der Waals surface area (Å²) in [5.74, 6) is 0.247. The monoisotopic (exact) mass is 350 g/mol. The molecule has 0 aromatic heterocycles. The quantitative estimate of drug-likeness (QED) is 0.735. The summed E-state index contributed by atoms with van der Waals surface area (Å²) in [4.78, 5) is 12.0.